The summed E-state index contributed by atoms with van der Waals surface area (Å²) < 4.78 is 4.85. The summed E-state index contributed by atoms with van der Waals surface area (Å²) >= 11 is 6.32. The Labute approximate surface area is 117 Å². The van der Waals surface area contributed by atoms with Crippen molar-refractivity contribution in [3.05, 3.63) is 22.7 Å². The van der Waals surface area contributed by atoms with Crippen LogP contribution in [0.2, 0.25) is 5.02 Å². The molecule has 2 atom stereocenters. The average Bonchev–Trinajstić information content (AvgIpc) is 2.99. The van der Waals surface area contributed by atoms with Crippen LogP contribution in [-0.2, 0) is 4.74 Å². The summed E-state index contributed by atoms with van der Waals surface area (Å²) in [6, 6.07) is 3.85. The van der Waals surface area contributed by atoms with E-state index >= 15 is 0 Å². The van der Waals surface area contributed by atoms with E-state index in [1.165, 1.54) is 26.4 Å². The van der Waals surface area contributed by atoms with Crippen LogP contribution in [0.25, 0.3) is 0 Å². The zero-order chi connectivity index (χ0) is 13.6. The topological polar surface area (TPSA) is 55.6 Å². The van der Waals surface area contributed by atoms with Gasteiger partial charge in [-0.25, -0.2) is 4.79 Å². The summed E-state index contributed by atoms with van der Waals surface area (Å²) in [4.78, 5) is 14.2. The van der Waals surface area contributed by atoms with Crippen molar-refractivity contribution in [2.45, 2.75) is 25.3 Å². The highest BCUT2D eigenvalue weighted by molar-refractivity contribution is 6.34. The van der Waals surface area contributed by atoms with Crippen LogP contribution in [-0.4, -0.2) is 25.7 Å². The van der Waals surface area contributed by atoms with Gasteiger partial charge in [0.15, 0.2) is 0 Å². The van der Waals surface area contributed by atoms with Gasteiger partial charge < -0.3 is 15.4 Å². The fraction of sp³-hybridized carbons (Fsp3) is 0.500. The third kappa shape index (κ3) is 2.04. The van der Waals surface area contributed by atoms with Crippen LogP contribution >= 0.6 is 11.6 Å². The lowest BCUT2D eigenvalue weighted by atomic mass is 10.1. The number of carbonyl (C=O) groups is 1. The Morgan fingerprint density at radius 1 is 1.47 bits per heavy atom. The number of benzene rings is 1. The van der Waals surface area contributed by atoms with E-state index in [1.807, 2.05) is 0 Å². The second-order valence-corrected chi connectivity index (χ2v) is 5.78. The Bertz CT molecular complexity index is 532. The van der Waals surface area contributed by atoms with Crippen molar-refractivity contribution >= 4 is 28.9 Å². The number of nitrogens with zero attached hydrogens (tertiary/aromatic N) is 1. The molecule has 2 unspecified atom stereocenters. The molecule has 4 nitrogen and oxygen atoms in total. The van der Waals surface area contributed by atoms with E-state index in [2.05, 4.69) is 4.90 Å². The molecule has 0 spiro atoms. The van der Waals surface area contributed by atoms with E-state index in [0.717, 1.165) is 18.2 Å². The highest BCUT2D eigenvalue weighted by atomic mass is 35.5. The predicted octanol–water partition coefficient (Wildman–Crippen LogP) is 2.70. The normalized spacial score (nSPS) is 24.8. The molecule has 2 N–H and O–H groups in total. The second kappa shape index (κ2) is 4.60. The van der Waals surface area contributed by atoms with Gasteiger partial charge in [0.05, 0.1) is 23.4 Å². The number of piperidine rings is 1. The first kappa shape index (κ1) is 12.6. The lowest BCUT2D eigenvalue weighted by molar-refractivity contribution is 0.0601. The average molecular weight is 281 g/mol. The lowest BCUT2D eigenvalue weighted by Crippen LogP contribution is -2.33. The fourth-order valence-corrected chi connectivity index (χ4v) is 3.71. The molecule has 1 aliphatic carbocycles. The number of rotatable bonds is 2. The van der Waals surface area contributed by atoms with Gasteiger partial charge >= 0.3 is 5.97 Å². The summed E-state index contributed by atoms with van der Waals surface area (Å²) in [6.07, 6.45) is 3.65. The minimum Gasteiger partial charge on any atom is -0.465 e. The number of ether oxygens (including phenoxy) is 1. The maximum absolute atomic E-state index is 11.9. The largest absolute Gasteiger partial charge is 0.465 e. The smallest absolute Gasteiger partial charge is 0.340 e. The molecular weight excluding hydrogens is 264 g/mol. The Hall–Kier alpha value is -1.42. The number of hydrogen-bond donors (Lipinski definition) is 1. The molecule has 19 heavy (non-hydrogen) atoms. The summed E-state index contributed by atoms with van der Waals surface area (Å²) in [6.45, 7) is 0.971. The number of halogens is 1. The van der Waals surface area contributed by atoms with Gasteiger partial charge in [0.25, 0.3) is 0 Å². The van der Waals surface area contributed by atoms with Crippen LogP contribution in [0.1, 0.15) is 29.6 Å². The molecule has 3 rings (SSSR count). The number of nitrogens with two attached hydrogens (primary N) is 1. The maximum atomic E-state index is 11.9. The van der Waals surface area contributed by atoms with E-state index < -0.39 is 0 Å². The Kier molecular flexibility index (Phi) is 3.05. The molecule has 1 heterocycles. The molecule has 2 aliphatic rings. The molecule has 102 valence electrons. The molecule has 5 heteroatoms. The maximum Gasteiger partial charge on any atom is 0.340 e. The van der Waals surface area contributed by atoms with Gasteiger partial charge in [0.2, 0.25) is 0 Å². The van der Waals surface area contributed by atoms with Crippen LogP contribution < -0.4 is 10.6 Å². The van der Waals surface area contributed by atoms with Crippen molar-refractivity contribution in [2.24, 2.45) is 5.92 Å². The number of nitrogen functional groups attached to an aromatic ring is 1. The number of esters is 1. The number of carbonyl (C=O) groups excluding carboxylic acids is 1. The van der Waals surface area contributed by atoms with Gasteiger partial charge in [-0.2, -0.15) is 0 Å². The standard InChI is InChI=1S/C14H17ClN2O2/c1-19-14(18)11-5-9(16)6-12(15)13(11)17-7-8-2-3-10(17)4-8/h5-6,8,10H,2-4,7,16H2,1H3. The Morgan fingerprint density at radius 2 is 2.26 bits per heavy atom. The highest BCUT2D eigenvalue weighted by Gasteiger charge is 2.40. The minimum absolute atomic E-state index is 0.382. The number of hydrogen-bond acceptors (Lipinski definition) is 4. The predicted molar refractivity (Wildman–Crippen MR) is 75.7 cm³/mol. The van der Waals surface area contributed by atoms with Gasteiger partial charge in [-0.3, -0.25) is 0 Å². The summed E-state index contributed by atoms with van der Waals surface area (Å²) in [5.41, 5.74) is 7.53. The van der Waals surface area contributed by atoms with Crippen LogP contribution in [0, 0.1) is 5.92 Å². The Balaban J connectivity index is 2.06. The number of fused-ring (bicyclic) bond motifs is 2. The lowest BCUT2D eigenvalue weighted by Gasteiger charge is -2.31. The SMILES string of the molecule is COC(=O)c1cc(N)cc(Cl)c1N1CC2CCC1C2. The van der Waals surface area contributed by atoms with Crippen molar-refractivity contribution in [2.75, 3.05) is 24.3 Å². The second-order valence-electron chi connectivity index (χ2n) is 5.38. The third-order valence-electron chi connectivity index (χ3n) is 4.19. The van der Waals surface area contributed by atoms with E-state index in [4.69, 9.17) is 22.1 Å². The van der Waals surface area contributed by atoms with Gasteiger partial charge in [-0.1, -0.05) is 11.6 Å². The molecule has 1 aromatic rings. The monoisotopic (exact) mass is 280 g/mol. The minimum atomic E-state index is -0.382. The van der Waals surface area contributed by atoms with Crippen molar-refractivity contribution in [3.8, 4) is 0 Å². The summed E-state index contributed by atoms with van der Waals surface area (Å²) in [5.74, 6) is 0.344. The molecule has 0 amide bonds. The molecule has 0 aromatic heterocycles. The van der Waals surface area contributed by atoms with Crippen LogP contribution in [0.5, 0.6) is 0 Å². The summed E-state index contributed by atoms with van der Waals surface area (Å²) in [7, 11) is 1.37. The van der Waals surface area contributed by atoms with E-state index in [1.54, 1.807) is 12.1 Å². The zero-order valence-corrected chi connectivity index (χ0v) is 11.6. The fourth-order valence-electron chi connectivity index (χ4n) is 3.38. The van der Waals surface area contributed by atoms with Crippen molar-refractivity contribution in [3.63, 3.8) is 0 Å². The van der Waals surface area contributed by atoms with Crippen molar-refractivity contribution < 1.29 is 9.53 Å². The first-order chi connectivity index (χ1) is 9.10. The third-order valence-corrected chi connectivity index (χ3v) is 4.48. The highest BCUT2D eigenvalue weighted by Crippen LogP contribution is 2.44. The Morgan fingerprint density at radius 3 is 2.84 bits per heavy atom. The first-order valence-corrected chi connectivity index (χ1v) is 6.92. The van der Waals surface area contributed by atoms with E-state index in [9.17, 15) is 4.79 Å². The van der Waals surface area contributed by atoms with E-state index in [0.29, 0.717) is 22.3 Å². The van der Waals surface area contributed by atoms with Crippen LogP contribution in [0.3, 0.4) is 0 Å². The quantitative estimate of drug-likeness (QED) is 0.668. The first-order valence-electron chi connectivity index (χ1n) is 6.54. The van der Waals surface area contributed by atoms with E-state index in [-0.39, 0.29) is 5.97 Å². The van der Waals surface area contributed by atoms with Crippen LogP contribution in [0.15, 0.2) is 12.1 Å². The molecule has 2 bridgehead atoms. The van der Waals surface area contributed by atoms with Gasteiger partial charge in [0, 0.05) is 18.3 Å². The zero-order valence-electron chi connectivity index (χ0n) is 10.9. The molecule has 2 fully saturated rings. The van der Waals surface area contributed by atoms with Crippen molar-refractivity contribution in [1.82, 2.24) is 0 Å². The molecule has 1 saturated heterocycles. The van der Waals surface area contributed by atoms with Gasteiger partial charge in [-0.05, 0) is 37.3 Å². The number of methoxy groups -OCH3 is 1. The molecule has 1 saturated carbocycles. The molecule has 1 aromatic carbocycles. The number of anilines is 2. The van der Waals surface area contributed by atoms with Crippen molar-refractivity contribution in [1.29, 1.82) is 0 Å². The van der Waals surface area contributed by atoms with Gasteiger partial charge in [-0.15, -0.1) is 0 Å². The molecule has 0 radical (unpaired) electrons. The molecular formula is C14H17ClN2O2. The summed E-state index contributed by atoms with van der Waals surface area (Å²) in [5, 5.41) is 0.535. The van der Waals surface area contributed by atoms with Gasteiger partial charge in [0.1, 0.15) is 0 Å². The molecule has 1 aliphatic heterocycles. The van der Waals surface area contributed by atoms with Crippen LogP contribution in [0.4, 0.5) is 11.4 Å².